The molecule has 2 aromatic carbocycles. The van der Waals surface area contributed by atoms with E-state index in [2.05, 4.69) is 15.4 Å². The van der Waals surface area contributed by atoms with Gasteiger partial charge in [0.2, 0.25) is 29.2 Å². The summed E-state index contributed by atoms with van der Waals surface area (Å²) in [7, 11) is 1.59. The Morgan fingerprint density at radius 2 is 1.04 bits per heavy atom. The van der Waals surface area contributed by atoms with Gasteiger partial charge >= 0.3 is 29.8 Å². The lowest BCUT2D eigenvalue weighted by molar-refractivity contribution is -0.142. The minimum atomic E-state index is -1.88. The summed E-state index contributed by atoms with van der Waals surface area (Å²) < 4.78 is 91.9. The van der Waals surface area contributed by atoms with Gasteiger partial charge in [-0.25, -0.2) is 8.78 Å². The van der Waals surface area contributed by atoms with Crippen LogP contribution in [-0.4, -0.2) is 252 Å². The summed E-state index contributed by atoms with van der Waals surface area (Å²) in [4.78, 5) is 93.1. The molecule has 1 saturated heterocycles. The molecular formula is C53H78F4N6O18. The van der Waals surface area contributed by atoms with Gasteiger partial charge in [-0.2, -0.15) is 8.78 Å². The summed E-state index contributed by atoms with van der Waals surface area (Å²) in [6.45, 7) is 3.49. The summed E-state index contributed by atoms with van der Waals surface area (Å²) in [6.07, 6.45) is 0.688. The Morgan fingerprint density at radius 3 is 1.56 bits per heavy atom. The fourth-order valence-corrected chi connectivity index (χ4v) is 8.37. The second kappa shape index (κ2) is 40.3. The lowest BCUT2D eigenvalue weighted by Crippen LogP contribution is -2.53. The molecule has 6 N–H and O–H groups in total. The molecule has 2 aromatic rings. The van der Waals surface area contributed by atoms with Crippen molar-refractivity contribution >= 4 is 41.7 Å². The highest BCUT2D eigenvalue weighted by Gasteiger charge is 2.29. The number of halogens is 4. The Morgan fingerprint density at radius 1 is 0.580 bits per heavy atom. The van der Waals surface area contributed by atoms with E-state index in [1.54, 1.807) is 26.7 Å². The van der Waals surface area contributed by atoms with Crippen LogP contribution in [0.2, 0.25) is 0 Å². The van der Waals surface area contributed by atoms with Crippen LogP contribution in [0.4, 0.5) is 17.6 Å². The van der Waals surface area contributed by atoms with Crippen LogP contribution in [0.3, 0.4) is 0 Å². The molecule has 2 unspecified atom stereocenters. The van der Waals surface area contributed by atoms with Crippen molar-refractivity contribution in [3.63, 3.8) is 0 Å². The number of esters is 1. The molecular weight excluding hydrogens is 1080 g/mol. The quantitative estimate of drug-likeness (QED) is 0.0181. The zero-order valence-corrected chi connectivity index (χ0v) is 45.8. The lowest BCUT2D eigenvalue weighted by atomic mass is 9.99. The molecule has 1 heterocycles. The minimum absolute atomic E-state index is 0.0205. The molecule has 0 aromatic heterocycles. The van der Waals surface area contributed by atoms with Crippen LogP contribution in [0.25, 0.3) is 0 Å². The zero-order chi connectivity index (χ0) is 59.4. The summed E-state index contributed by atoms with van der Waals surface area (Å²) in [5.41, 5.74) is 1.62. The molecule has 1 aliphatic heterocycles. The lowest BCUT2D eigenvalue weighted by Gasteiger charge is -2.37. The fraction of sp³-hybridized carbons (Fsp3) is 0.642. The number of hydrogen-bond donors (Lipinski definition) is 6. The molecule has 28 heteroatoms. The van der Waals surface area contributed by atoms with E-state index in [1.165, 1.54) is 0 Å². The second-order valence-corrected chi connectivity index (χ2v) is 18.8. The number of carbonyl (C=O) groups is 7. The number of carboxylic acid groups (broad SMARTS) is 4. The molecule has 2 atom stereocenters. The SMILES string of the molecule is COCCOCCOCCOCCOCCOCCNC(=O)C(CCCc1ccc(CC2CN(CC(=O)O)CCN(CC(=O)O)CCN(CC(=O)O)CCN2CC(=O)O)cc1)NC(=O)CCCCC(=O)Oc1c(F)c(F)cc(F)c1F. The normalized spacial score (nSPS) is 15.5. The van der Waals surface area contributed by atoms with Gasteiger partial charge in [0.1, 0.15) is 6.04 Å². The van der Waals surface area contributed by atoms with Crippen LogP contribution in [0.15, 0.2) is 30.3 Å². The van der Waals surface area contributed by atoms with Crippen molar-refractivity contribution in [1.29, 1.82) is 0 Å². The van der Waals surface area contributed by atoms with Gasteiger partial charge in [-0.3, -0.25) is 53.2 Å². The number of unbranched alkanes of at least 4 members (excludes halogenated alkanes) is 1. The third kappa shape index (κ3) is 30.6. The number of amides is 2. The van der Waals surface area contributed by atoms with Crippen LogP contribution < -0.4 is 15.4 Å². The van der Waals surface area contributed by atoms with Crippen molar-refractivity contribution in [1.82, 2.24) is 30.2 Å². The van der Waals surface area contributed by atoms with Gasteiger partial charge in [-0.15, -0.1) is 0 Å². The predicted octanol–water partition coefficient (Wildman–Crippen LogP) is 1.53. The number of carboxylic acids is 4. The Labute approximate surface area is 467 Å². The Balaban J connectivity index is 1.61. The molecule has 0 aliphatic carbocycles. The van der Waals surface area contributed by atoms with E-state index >= 15 is 0 Å². The molecule has 0 saturated carbocycles. The number of aryl methyl sites for hydroxylation is 1. The summed E-state index contributed by atoms with van der Waals surface area (Å²) in [5, 5.41) is 44.4. The molecule has 0 radical (unpaired) electrons. The monoisotopic (exact) mass is 1160 g/mol. The van der Waals surface area contributed by atoms with Crippen LogP contribution in [0, 0.1) is 23.3 Å². The van der Waals surface area contributed by atoms with Gasteiger partial charge < -0.3 is 64.2 Å². The summed E-state index contributed by atoms with van der Waals surface area (Å²) >= 11 is 0. The molecule has 81 heavy (non-hydrogen) atoms. The molecule has 1 aliphatic rings. The van der Waals surface area contributed by atoms with Gasteiger partial charge in [-0.05, 0) is 49.7 Å². The zero-order valence-electron chi connectivity index (χ0n) is 45.8. The molecule has 1 fully saturated rings. The topological polar surface area (TPSA) is 302 Å². The Kier molecular flexibility index (Phi) is 34.5. The Bertz CT molecular complexity index is 2210. The van der Waals surface area contributed by atoms with E-state index < -0.39 is 102 Å². The molecule has 0 spiro atoms. The number of hydrogen-bond acceptors (Lipinski definition) is 18. The van der Waals surface area contributed by atoms with E-state index in [0.717, 1.165) is 11.1 Å². The second-order valence-electron chi connectivity index (χ2n) is 18.8. The molecule has 456 valence electrons. The average molecular weight is 1160 g/mol. The maximum absolute atomic E-state index is 14.0. The highest BCUT2D eigenvalue weighted by Crippen LogP contribution is 2.27. The highest BCUT2D eigenvalue weighted by molar-refractivity contribution is 5.87. The number of nitrogens with one attached hydrogen (secondary N) is 2. The highest BCUT2D eigenvalue weighted by atomic mass is 19.2. The smallest absolute Gasteiger partial charge is 0.317 e. The van der Waals surface area contributed by atoms with E-state index in [9.17, 15) is 71.5 Å². The van der Waals surface area contributed by atoms with Crippen molar-refractivity contribution < 1.29 is 105 Å². The largest absolute Gasteiger partial charge is 0.480 e. The summed E-state index contributed by atoms with van der Waals surface area (Å²) in [6, 6.07) is 5.74. The van der Waals surface area contributed by atoms with Crippen LogP contribution in [0.1, 0.15) is 49.7 Å². The minimum Gasteiger partial charge on any atom is -0.480 e. The first-order chi connectivity index (χ1) is 38.8. The number of methoxy groups -OCH3 is 1. The standard InChI is InChI=1S/C53H78F4N6O18/c1-75-21-22-77-25-26-79-29-30-80-28-27-78-24-23-76-20-13-58-53(74)43(59-44(64)7-2-3-8-49(73)81-52-50(56)41(54)32-42(55)51(52)57)6-4-5-38-9-11-39(12-10-38)31-40-33-62(36-47(69)70)17-16-60(34-45(65)66)14-15-61(35-46(67)68)18-19-63(40)37-48(71)72/h9-12,32,40,43H,2-8,13-31,33-37H2,1H3,(H,58,74)(H,59,64)(H,65,66)(H,67,68)(H,69,70)(H,71,72). The Hall–Kier alpha value is -5.95. The fourth-order valence-electron chi connectivity index (χ4n) is 8.37. The van der Waals surface area contributed by atoms with E-state index in [-0.39, 0.29) is 123 Å². The number of nitrogens with zero attached hydrogens (tertiary/aromatic N) is 4. The first-order valence-electron chi connectivity index (χ1n) is 26.7. The van der Waals surface area contributed by atoms with Gasteiger partial charge in [0.15, 0.2) is 11.6 Å². The number of benzene rings is 2. The van der Waals surface area contributed by atoms with Crippen molar-refractivity contribution in [2.24, 2.45) is 0 Å². The van der Waals surface area contributed by atoms with Crippen LogP contribution in [-0.2, 0) is 74.8 Å². The van der Waals surface area contributed by atoms with Crippen molar-refractivity contribution in [2.45, 2.75) is 63.5 Å². The number of rotatable bonds is 40. The van der Waals surface area contributed by atoms with Gasteiger partial charge in [0.05, 0.1) is 98.9 Å². The predicted molar refractivity (Wildman–Crippen MR) is 280 cm³/mol. The third-order valence-corrected chi connectivity index (χ3v) is 12.5. The molecule has 24 nitrogen and oxygen atoms in total. The van der Waals surface area contributed by atoms with E-state index in [0.29, 0.717) is 65.7 Å². The van der Waals surface area contributed by atoms with E-state index in [4.69, 9.17) is 28.4 Å². The first-order valence-corrected chi connectivity index (χ1v) is 26.7. The number of ether oxygens (including phenoxy) is 7. The third-order valence-electron chi connectivity index (χ3n) is 12.5. The van der Waals surface area contributed by atoms with Crippen LogP contribution in [0.5, 0.6) is 5.75 Å². The van der Waals surface area contributed by atoms with Gasteiger partial charge in [0.25, 0.3) is 0 Å². The maximum Gasteiger partial charge on any atom is 0.317 e. The van der Waals surface area contributed by atoms with Crippen molar-refractivity contribution in [3.8, 4) is 5.75 Å². The van der Waals surface area contributed by atoms with E-state index in [1.807, 2.05) is 24.3 Å². The summed E-state index contributed by atoms with van der Waals surface area (Å²) in [5.74, 6) is -15.5. The molecule has 3 rings (SSSR count). The first kappa shape index (κ1) is 69.3. The van der Waals surface area contributed by atoms with Gasteiger partial charge in [-0.1, -0.05) is 24.3 Å². The number of carbonyl (C=O) groups excluding carboxylic acids is 3. The molecule has 0 bridgehead atoms. The maximum atomic E-state index is 14.0. The average Bonchev–Trinajstić information content (AvgIpc) is 3.43. The van der Waals surface area contributed by atoms with Crippen molar-refractivity contribution in [3.05, 3.63) is 64.7 Å². The van der Waals surface area contributed by atoms with Crippen LogP contribution >= 0.6 is 0 Å². The van der Waals surface area contributed by atoms with Gasteiger partial charge in [0, 0.05) is 84.4 Å². The number of aliphatic carboxylic acids is 4. The van der Waals surface area contributed by atoms with Crippen molar-refractivity contribution in [2.75, 3.05) is 158 Å². The molecule has 2 amide bonds.